The van der Waals surface area contributed by atoms with Gasteiger partial charge in [0.15, 0.2) is 0 Å². The third kappa shape index (κ3) is 5.16. The first-order valence-electron chi connectivity index (χ1n) is 7.10. The molecule has 1 fully saturated rings. The fourth-order valence-corrected chi connectivity index (χ4v) is 2.90. The highest BCUT2D eigenvalue weighted by atomic mass is 127. The molecule has 1 aromatic heterocycles. The average molecular weight is 390 g/mol. The number of alkyl halides is 1. The van der Waals surface area contributed by atoms with Crippen LogP contribution < -0.4 is 10.5 Å². The van der Waals surface area contributed by atoms with Crippen LogP contribution in [-0.4, -0.2) is 58.7 Å². The average Bonchev–Trinajstić information content (AvgIpc) is 2.53. The molecule has 5 nitrogen and oxygen atoms in total. The van der Waals surface area contributed by atoms with Crippen LogP contribution in [0, 0.1) is 0 Å². The first-order valence-corrected chi connectivity index (χ1v) is 8.63. The van der Waals surface area contributed by atoms with Crippen molar-refractivity contribution >= 4 is 22.6 Å². The van der Waals surface area contributed by atoms with Crippen molar-refractivity contribution in [3.63, 3.8) is 0 Å². The van der Waals surface area contributed by atoms with E-state index in [4.69, 9.17) is 10.5 Å². The summed E-state index contributed by atoms with van der Waals surface area (Å²) >= 11 is 2.43. The van der Waals surface area contributed by atoms with Gasteiger partial charge in [0.2, 0.25) is 5.88 Å². The highest BCUT2D eigenvalue weighted by Crippen LogP contribution is 2.08. The second-order valence-electron chi connectivity index (χ2n) is 4.99. The number of hydrogen-bond donors (Lipinski definition) is 1. The smallest absolute Gasteiger partial charge is 0.213 e. The maximum Gasteiger partial charge on any atom is 0.213 e. The summed E-state index contributed by atoms with van der Waals surface area (Å²) in [4.78, 5) is 9.23. The van der Waals surface area contributed by atoms with Crippen molar-refractivity contribution in [2.24, 2.45) is 5.73 Å². The van der Waals surface area contributed by atoms with Crippen LogP contribution in [0.1, 0.15) is 12.0 Å². The Morgan fingerprint density at radius 2 is 1.95 bits per heavy atom. The summed E-state index contributed by atoms with van der Waals surface area (Å²) in [6.07, 6.45) is 2.82. The second-order valence-corrected chi connectivity index (χ2v) is 5.67. The zero-order chi connectivity index (χ0) is 14.2. The molecule has 1 saturated heterocycles. The van der Waals surface area contributed by atoms with Crippen molar-refractivity contribution < 1.29 is 4.74 Å². The van der Waals surface area contributed by atoms with Gasteiger partial charge in [0, 0.05) is 51.5 Å². The Labute approximate surface area is 134 Å². The van der Waals surface area contributed by atoms with Crippen LogP contribution in [0.5, 0.6) is 5.88 Å². The lowest BCUT2D eigenvalue weighted by molar-refractivity contribution is 0.143. The molecule has 20 heavy (non-hydrogen) atoms. The Balaban J connectivity index is 1.59. The number of halogens is 1. The number of nitrogens with two attached hydrogens (primary N) is 1. The number of rotatable bonds is 7. The normalized spacial score (nSPS) is 17.3. The first-order chi connectivity index (χ1) is 9.81. The van der Waals surface area contributed by atoms with Gasteiger partial charge >= 0.3 is 0 Å². The molecule has 0 atom stereocenters. The van der Waals surface area contributed by atoms with Gasteiger partial charge in [0.05, 0.1) is 11.2 Å². The molecule has 2 N–H and O–H groups in total. The number of hydrogen-bond acceptors (Lipinski definition) is 5. The van der Waals surface area contributed by atoms with Crippen LogP contribution in [-0.2, 0) is 6.54 Å². The van der Waals surface area contributed by atoms with Crippen molar-refractivity contribution in [3.05, 3.63) is 23.9 Å². The Hall–Kier alpha value is -0.440. The van der Waals surface area contributed by atoms with E-state index in [0.29, 0.717) is 12.4 Å². The summed E-state index contributed by atoms with van der Waals surface area (Å²) < 4.78 is 6.79. The molecule has 6 heteroatoms. The number of nitrogens with zero attached hydrogens (tertiary/aromatic N) is 3. The number of aromatic nitrogens is 1. The van der Waals surface area contributed by atoms with Crippen molar-refractivity contribution in [2.45, 2.75) is 13.0 Å². The van der Waals surface area contributed by atoms with Gasteiger partial charge in [-0.15, -0.1) is 0 Å². The van der Waals surface area contributed by atoms with E-state index in [0.717, 1.165) is 29.7 Å². The van der Waals surface area contributed by atoms with Crippen LogP contribution in [0.15, 0.2) is 18.3 Å². The highest BCUT2D eigenvalue weighted by molar-refractivity contribution is 14.1. The van der Waals surface area contributed by atoms with Crippen LogP contribution in [0.4, 0.5) is 0 Å². The lowest BCUT2D eigenvalue weighted by Gasteiger charge is -2.33. The molecular formula is C14H23IN4O. The Morgan fingerprint density at radius 3 is 2.55 bits per heavy atom. The van der Waals surface area contributed by atoms with E-state index in [1.54, 1.807) is 6.20 Å². The molecule has 2 rings (SSSR count). The molecule has 2 heterocycles. The molecule has 0 saturated carbocycles. The summed E-state index contributed by atoms with van der Waals surface area (Å²) in [5.41, 5.74) is 6.57. The van der Waals surface area contributed by atoms with Crippen LogP contribution in [0.3, 0.4) is 0 Å². The van der Waals surface area contributed by atoms with Gasteiger partial charge in [-0.2, -0.15) is 0 Å². The highest BCUT2D eigenvalue weighted by Gasteiger charge is 2.14. The molecule has 0 unspecified atom stereocenters. The SMILES string of the molecule is NCc1ccc(OCCCN2CCN(CI)CC2)nc1. The number of piperazine rings is 1. The van der Waals surface area contributed by atoms with Crippen molar-refractivity contribution in [1.82, 2.24) is 14.8 Å². The largest absolute Gasteiger partial charge is 0.478 e. The summed E-state index contributed by atoms with van der Waals surface area (Å²) in [5.74, 6) is 0.692. The van der Waals surface area contributed by atoms with Gasteiger partial charge < -0.3 is 15.4 Å². The Morgan fingerprint density at radius 1 is 1.20 bits per heavy atom. The second kappa shape index (κ2) is 8.76. The van der Waals surface area contributed by atoms with Crippen molar-refractivity contribution in [1.29, 1.82) is 0 Å². The van der Waals surface area contributed by atoms with E-state index in [9.17, 15) is 0 Å². The molecular weight excluding hydrogens is 367 g/mol. The van der Waals surface area contributed by atoms with E-state index in [1.165, 1.54) is 26.2 Å². The maximum absolute atomic E-state index is 5.65. The quantitative estimate of drug-likeness (QED) is 0.330. The van der Waals surface area contributed by atoms with Gasteiger partial charge in [-0.05, 0) is 12.0 Å². The topological polar surface area (TPSA) is 54.6 Å². The molecule has 1 aliphatic rings. The van der Waals surface area contributed by atoms with Crippen molar-refractivity contribution in [2.75, 3.05) is 43.9 Å². The molecule has 0 aliphatic carbocycles. The Bertz CT molecular complexity index is 379. The zero-order valence-electron chi connectivity index (χ0n) is 11.8. The third-order valence-electron chi connectivity index (χ3n) is 3.54. The van der Waals surface area contributed by atoms with E-state index in [-0.39, 0.29) is 0 Å². The molecule has 0 amide bonds. The summed E-state index contributed by atoms with van der Waals surface area (Å²) in [6, 6.07) is 3.85. The van der Waals surface area contributed by atoms with E-state index in [1.807, 2.05) is 12.1 Å². The molecule has 0 spiro atoms. The summed E-state index contributed by atoms with van der Waals surface area (Å²) in [5, 5.41) is 0. The molecule has 0 aromatic carbocycles. The zero-order valence-corrected chi connectivity index (χ0v) is 14.0. The minimum Gasteiger partial charge on any atom is -0.478 e. The fraction of sp³-hybridized carbons (Fsp3) is 0.643. The minimum absolute atomic E-state index is 0.524. The first kappa shape index (κ1) is 15.9. The monoisotopic (exact) mass is 390 g/mol. The fourth-order valence-electron chi connectivity index (χ4n) is 2.21. The molecule has 112 valence electrons. The molecule has 1 aromatic rings. The van der Waals surface area contributed by atoms with Gasteiger partial charge in [0.1, 0.15) is 0 Å². The van der Waals surface area contributed by atoms with Crippen molar-refractivity contribution in [3.8, 4) is 5.88 Å². The third-order valence-corrected chi connectivity index (χ3v) is 4.50. The number of pyridine rings is 1. The molecule has 1 aliphatic heterocycles. The van der Waals surface area contributed by atoms with Gasteiger partial charge in [-0.1, -0.05) is 28.7 Å². The lowest BCUT2D eigenvalue weighted by Crippen LogP contribution is -2.46. The summed E-state index contributed by atoms with van der Waals surface area (Å²) in [6.45, 7) is 7.07. The molecule has 0 bridgehead atoms. The molecule has 0 radical (unpaired) electrons. The Kier molecular flexibility index (Phi) is 6.98. The lowest BCUT2D eigenvalue weighted by atomic mass is 10.3. The predicted octanol–water partition coefficient (Wildman–Crippen LogP) is 1.32. The van der Waals surface area contributed by atoms with E-state index < -0.39 is 0 Å². The minimum atomic E-state index is 0.524. The predicted molar refractivity (Wildman–Crippen MR) is 89.1 cm³/mol. The number of ether oxygens (including phenoxy) is 1. The van der Waals surface area contributed by atoms with Gasteiger partial charge in [-0.25, -0.2) is 4.98 Å². The van der Waals surface area contributed by atoms with E-state index >= 15 is 0 Å². The van der Waals surface area contributed by atoms with Crippen LogP contribution in [0.25, 0.3) is 0 Å². The van der Waals surface area contributed by atoms with E-state index in [2.05, 4.69) is 37.4 Å². The maximum atomic E-state index is 5.65. The summed E-state index contributed by atoms with van der Waals surface area (Å²) in [7, 11) is 0. The van der Waals surface area contributed by atoms with Gasteiger partial charge in [-0.3, -0.25) is 4.90 Å². The van der Waals surface area contributed by atoms with Crippen LogP contribution in [0.2, 0.25) is 0 Å². The van der Waals surface area contributed by atoms with Gasteiger partial charge in [0.25, 0.3) is 0 Å². The standard InChI is InChI=1S/C14H23IN4O/c15-12-19-7-5-18(6-8-19)4-1-9-20-14-3-2-13(10-16)11-17-14/h2-3,11H,1,4-10,12,16H2. The van der Waals surface area contributed by atoms with Crippen LogP contribution >= 0.6 is 22.6 Å².